The number of aliphatic hydroxyl groups excluding tert-OH is 1. The number of para-hydroxylation sites is 1. The van der Waals surface area contributed by atoms with Crippen LogP contribution in [0.3, 0.4) is 0 Å². The number of aryl methyl sites for hydroxylation is 1. The van der Waals surface area contributed by atoms with Crippen molar-refractivity contribution in [1.82, 2.24) is 19.7 Å². The maximum Gasteiger partial charge on any atom is 0.156 e. The number of aliphatic hydroxyl groups is 1. The summed E-state index contributed by atoms with van der Waals surface area (Å²) in [5.41, 5.74) is 1.77. The number of hydrogen-bond acceptors (Lipinski definition) is 6. The number of ether oxygens (including phenoxy) is 1. The predicted octanol–water partition coefficient (Wildman–Crippen LogP) is 1.66. The summed E-state index contributed by atoms with van der Waals surface area (Å²) >= 11 is 0. The molecule has 3 aromatic rings. The number of aromatic nitrogens is 4. The van der Waals surface area contributed by atoms with Gasteiger partial charge in [-0.25, -0.2) is 9.97 Å². The van der Waals surface area contributed by atoms with Gasteiger partial charge in [0.1, 0.15) is 12.4 Å². The second kappa shape index (κ2) is 6.72. The summed E-state index contributed by atoms with van der Waals surface area (Å²) in [5.74, 6) is 1.05. The molecule has 3 rings (SSSR count). The van der Waals surface area contributed by atoms with Crippen LogP contribution in [0.1, 0.15) is 17.6 Å². The van der Waals surface area contributed by atoms with E-state index in [0.29, 0.717) is 18.2 Å². The van der Waals surface area contributed by atoms with Crippen LogP contribution >= 0.6 is 0 Å². The maximum atomic E-state index is 9.40. The van der Waals surface area contributed by atoms with Gasteiger partial charge in [-0.3, -0.25) is 4.68 Å². The molecule has 0 saturated carbocycles. The highest BCUT2D eigenvalue weighted by molar-refractivity contribution is 5.89. The minimum Gasteiger partial charge on any atom is -0.388 e. The monoisotopic (exact) mass is 313 g/mol. The van der Waals surface area contributed by atoms with Crippen LogP contribution in [0.4, 0.5) is 5.82 Å². The van der Waals surface area contributed by atoms with Crippen LogP contribution in [-0.2, 0) is 18.4 Å². The Labute approximate surface area is 133 Å². The third-order valence-corrected chi connectivity index (χ3v) is 3.65. The minimum absolute atomic E-state index is 0.114. The molecule has 0 fully saturated rings. The zero-order chi connectivity index (χ0) is 16.2. The Morgan fingerprint density at radius 1 is 1.26 bits per heavy atom. The molecule has 2 aromatic heterocycles. The average Bonchev–Trinajstić information content (AvgIpc) is 3.00. The van der Waals surface area contributed by atoms with Crippen molar-refractivity contribution in [2.24, 2.45) is 7.05 Å². The van der Waals surface area contributed by atoms with E-state index in [0.717, 1.165) is 16.6 Å². The third kappa shape index (κ3) is 3.15. The highest BCUT2D eigenvalue weighted by atomic mass is 16.5. The van der Waals surface area contributed by atoms with Crippen LogP contribution in [0.15, 0.2) is 36.5 Å². The summed E-state index contributed by atoms with van der Waals surface area (Å²) in [4.78, 5) is 8.76. The van der Waals surface area contributed by atoms with E-state index in [1.54, 1.807) is 18.0 Å². The maximum absolute atomic E-state index is 9.40. The molecular weight excluding hydrogens is 294 g/mol. The molecule has 23 heavy (non-hydrogen) atoms. The topological polar surface area (TPSA) is 85.1 Å². The Hall–Kier alpha value is -2.51. The molecular formula is C16H19N5O2. The van der Waals surface area contributed by atoms with E-state index in [2.05, 4.69) is 20.4 Å². The van der Waals surface area contributed by atoms with Crippen molar-refractivity contribution >= 4 is 16.7 Å². The number of anilines is 1. The fourth-order valence-electron chi connectivity index (χ4n) is 2.56. The number of nitrogens with one attached hydrogen (secondary N) is 1. The fraction of sp³-hybridized carbons (Fsp3) is 0.312. The van der Waals surface area contributed by atoms with Crippen LogP contribution in [0.5, 0.6) is 0 Å². The first-order valence-electron chi connectivity index (χ1n) is 7.33. The SMILES string of the molecule is COCC(Nc1nc(CO)nc2ccccc12)c1ccnn1C. The van der Waals surface area contributed by atoms with Gasteiger partial charge in [-0.15, -0.1) is 0 Å². The molecule has 0 bridgehead atoms. The second-order valence-corrected chi connectivity index (χ2v) is 5.20. The van der Waals surface area contributed by atoms with Crippen molar-refractivity contribution in [3.05, 3.63) is 48.0 Å². The number of hydrogen-bond donors (Lipinski definition) is 2. The van der Waals surface area contributed by atoms with Crippen LogP contribution in [0.25, 0.3) is 10.9 Å². The zero-order valence-electron chi connectivity index (χ0n) is 13.1. The lowest BCUT2D eigenvalue weighted by Crippen LogP contribution is -2.20. The van der Waals surface area contributed by atoms with E-state index < -0.39 is 0 Å². The molecule has 7 heteroatoms. The van der Waals surface area contributed by atoms with Crippen molar-refractivity contribution < 1.29 is 9.84 Å². The first kappa shape index (κ1) is 15.4. The lowest BCUT2D eigenvalue weighted by Gasteiger charge is -2.20. The van der Waals surface area contributed by atoms with E-state index >= 15 is 0 Å². The first-order chi connectivity index (χ1) is 11.2. The normalized spacial score (nSPS) is 12.5. The highest BCUT2D eigenvalue weighted by Gasteiger charge is 2.17. The van der Waals surface area contributed by atoms with E-state index in [1.165, 1.54) is 0 Å². The molecule has 0 amide bonds. The van der Waals surface area contributed by atoms with Gasteiger partial charge in [0.15, 0.2) is 5.82 Å². The summed E-state index contributed by atoms with van der Waals surface area (Å²) in [6.07, 6.45) is 1.75. The van der Waals surface area contributed by atoms with E-state index in [4.69, 9.17) is 4.74 Å². The van der Waals surface area contributed by atoms with Crippen molar-refractivity contribution in [1.29, 1.82) is 0 Å². The summed E-state index contributed by atoms with van der Waals surface area (Å²) in [6.45, 7) is 0.256. The molecule has 1 unspecified atom stereocenters. The minimum atomic E-state index is -0.208. The predicted molar refractivity (Wildman–Crippen MR) is 86.9 cm³/mol. The van der Waals surface area contributed by atoms with Gasteiger partial charge in [0, 0.05) is 25.7 Å². The smallest absolute Gasteiger partial charge is 0.156 e. The standard InChI is InChI=1S/C16H19N5O2/c1-21-14(7-8-17-21)13(10-23-2)19-16-11-5-3-4-6-12(11)18-15(9-22)20-16/h3-8,13,22H,9-10H2,1-2H3,(H,18,19,20). The molecule has 0 aliphatic carbocycles. The van der Waals surface area contributed by atoms with Crippen molar-refractivity contribution in [3.63, 3.8) is 0 Å². The van der Waals surface area contributed by atoms with Gasteiger partial charge >= 0.3 is 0 Å². The number of rotatable bonds is 6. The van der Waals surface area contributed by atoms with E-state index in [-0.39, 0.29) is 12.6 Å². The van der Waals surface area contributed by atoms with Crippen molar-refractivity contribution in [2.75, 3.05) is 19.0 Å². The summed E-state index contributed by atoms with van der Waals surface area (Å²) < 4.78 is 7.13. The molecule has 2 N–H and O–H groups in total. The summed E-state index contributed by atoms with van der Waals surface area (Å²) in [7, 11) is 3.54. The van der Waals surface area contributed by atoms with E-state index in [1.807, 2.05) is 37.4 Å². The third-order valence-electron chi connectivity index (χ3n) is 3.65. The van der Waals surface area contributed by atoms with Gasteiger partial charge in [-0.1, -0.05) is 12.1 Å². The Balaban J connectivity index is 2.03. The number of fused-ring (bicyclic) bond motifs is 1. The molecule has 0 radical (unpaired) electrons. The van der Waals surface area contributed by atoms with Gasteiger partial charge in [-0.2, -0.15) is 5.10 Å². The lowest BCUT2D eigenvalue weighted by molar-refractivity contribution is 0.184. The molecule has 0 aliphatic rings. The van der Waals surface area contributed by atoms with Gasteiger partial charge in [0.25, 0.3) is 0 Å². The Kier molecular flexibility index (Phi) is 4.50. The van der Waals surface area contributed by atoms with Crippen LogP contribution in [-0.4, -0.2) is 38.6 Å². The van der Waals surface area contributed by atoms with Crippen LogP contribution < -0.4 is 5.32 Å². The van der Waals surface area contributed by atoms with Gasteiger partial charge < -0.3 is 15.2 Å². The first-order valence-corrected chi connectivity index (χ1v) is 7.33. The molecule has 0 aliphatic heterocycles. The van der Waals surface area contributed by atoms with Gasteiger partial charge in [0.2, 0.25) is 0 Å². The molecule has 0 spiro atoms. The van der Waals surface area contributed by atoms with Crippen LogP contribution in [0.2, 0.25) is 0 Å². The molecule has 0 saturated heterocycles. The number of benzene rings is 1. The molecule has 2 heterocycles. The molecule has 1 atom stereocenters. The highest BCUT2D eigenvalue weighted by Crippen LogP contribution is 2.25. The molecule has 120 valence electrons. The Bertz CT molecular complexity index is 802. The van der Waals surface area contributed by atoms with Crippen molar-refractivity contribution in [3.8, 4) is 0 Å². The fourth-order valence-corrected chi connectivity index (χ4v) is 2.56. The molecule has 1 aromatic carbocycles. The Morgan fingerprint density at radius 2 is 2.09 bits per heavy atom. The van der Waals surface area contributed by atoms with Gasteiger partial charge in [0.05, 0.1) is 23.9 Å². The van der Waals surface area contributed by atoms with Crippen molar-refractivity contribution in [2.45, 2.75) is 12.6 Å². The Morgan fingerprint density at radius 3 is 2.78 bits per heavy atom. The second-order valence-electron chi connectivity index (χ2n) is 5.20. The number of methoxy groups -OCH3 is 1. The largest absolute Gasteiger partial charge is 0.388 e. The zero-order valence-corrected chi connectivity index (χ0v) is 13.1. The number of nitrogens with zero attached hydrogens (tertiary/aromatic N) is 4. The average molecular weight is 313 g/mol. The lowest BCUT2D eigenvalue weighted by atomic mass is 10.2. The quantitative estimate of drug-likeness (QED) is 0.720. The van der Waals surface area contributed by atoms with E-state index in [9.17, 15) is 5.11 Å². The summed E-state index contributed by atoms with van der Waals surface area (Å²) in [6, 6.07) is 9.52. The van der Waals surface area contributed by atoms with Gasteiger partial charge in [-0.05, 0) is 18.2 Å². The molecule has 7 nitrogen and oxygen atoms in total. The van der Waals surface area contributed by atoms with Crippen LogP contribution in [0, 0.1) is 0 Å². The summed E-state index contributed by atoms with van der Waals surface area (Å²) in [5, 5.41) is 17.9.